The van der Waals surface area contributed by atoms with Gasteiger partial charge in [0, 0.05) is 25.5 Å². The molecule has 0 fully saturated rings. The fourth-order valence-electron chi connectivity index (χ4n) is 3.75. The van der Waals surface area contributed by atoms with Crippen molar-refractivity contribution in [2.75, 3.05) is 13.7 Å². The molecule has 0 saturated carbocycles. The molecule has 0 saturated heterocycles. The number of amides is 1. The fraction of sp³-hybridized carbons (Fsp3) is 0.172. The van der Waals surface area contributed by atoms with Gasteiger partial charge in [0.25, 0.3) is 5.91 Å². The molecule has 0 radical (unpaired) electrons. The lowest BCUT2D eigenvalue weighted by Crippen LogP contribution is -2.32. The van der Waals surface area contributed by atoms with Crippen molar-refractivity contribution in [1.82, 2.24) is 9.88 Å². The zero-order valence-electron chi connectivity index (χ0n) is 19.6. The second-order valence-electron chi connectivity index (χ2n) is 8.08. The summed E-state index contributed by atoms with van der Waals surface area (Å²) in [7, 11) is 1.61. The van der Waals surface area contributed by atoms with Crippen molar-refractivity contribution in [3.8, 4) is 11.5 Å². The van der Waals surface area contributed by atoms with E-state index >= 15 is 0 Å². The number of rotatable bonds is 10. The number of carbonyl (C=O) groups is 1. The summed E-state index contributed by atoms with van der Waals surface area (Å²) in [6, 6.07) is 26.8. The van der Waals surface area contributed by atoms with Crippen LogP contribution in [0.4, 0.5) is 0 Å². The average molecular weight is 487 g/mol. The molecule has 5 nitrogen and oxygen atoms in total. The second kappa shape index (κ2) is 12.0. The van der Waals surface area contributed by atoms with Crippen LogP contribution in [0.2, 0.25) is 5.02 Å². The number of ether oxygens (including phenoxy) is 2. The van der Waals surface area contributed by atoms with Gasteiger partial charge in [-0.1, -0.05) is 66.2 Å². The first kappa shape index (κ1) is 24.3. The van der Waals surface area contributed by atoms with E-state index in [4.69, 9.17) is 21.1 Å². The van der Waals surface area contributed by atoms with E-state index in [9.17, 15) is 4.79 Å². The molecule has 0 aliphatic rings. The van der Waals surface area contributed by atoms with Crippen molar-refractivity contribution < 1.29 is 14.3 Å². The predicted octanol–water partition coefficient (Wildman–Crippen LogP) is 6.21. The third-order valence-corrected chi connectivity index (χ3v) is 5.95. The molecule has 1 heterocycles. The molecule has 0 aliphatic heterocycles. The van der Waals surface area contributed by atoms with Gasteiger partial charge in [0.1, 0.15) is 6.61 Å². The Balaban J connectivity index is 1.53. The number of halogens is 1. The molecule has 3 aromatic carbocycles. The van der Waals surface area contributed by atoms with E-state index in [1.165, 1.54) is 0 Å². The van der Waals surface area contributed by atoms with Gasteiger partial charge in [0.05, 0.1) is 17.7 Å². The largest absolute Gasteiger partial charge is 0.493 e. The number of hydrogen-bond donors (Lipinski definition) is 0. The van der Waals surface area contributed by atoms with Crippen LogP contribution in [0, 0.1) is 0 Å². The third kappa shape index (κ3) is 6.61. The number of nitrogens with zero attached hydrogens (tertiary/aromatic N) is 2. The summed E-state index contributed by atoms with van der Waals surface area (Å²) in [5.41, 5.74) is 3.55. The monoisotopic (exact) mass is 486 g/mol. The van der Waals surface area contributed by atoms with Crippen molar-refractivity contribution in [1.29, 1.82) is 0 Å². The van der Waals surface area contributed by atoms with Crippen LogP contribution in [0.15, 0.2) is 97.3 Å². The summed E-state index contributed by atoms with van der Waals surface area (Å²) in [5.74, 6) is 1.15. The summed E-state index contributed by atoms with van der Waals surface area (Å²) >= 11 is 6.34. The van der Waals surface area contributed by atoms with Crippen LogP contribution in [0.25, 0.3) is 0 Å². The van der Waals surface area contributed by atoms with Gasteiger partial charge in [-0.15, -0.1) is 0 Å². The average Bonchev–Trinajstić information content (AvgIpc) is 2.91. The van der Waals surface area contributed by atoms with Gasteiger partial charge in [-0.2, -0.15) is 0 Å². The number of hydrogen-bond acceptors (Lipinski definition) is 4. The molecule has 0 aliphatic carbocycles. The second-order valence-corrected chi connectivity index (χ2v) is 8.48. The van der Waals surface area contributed by atoms with Gasteiger partial charge in [0.15, 0.2) is 11.5 Å². The number of benzene rings is 3. The maximum atomic E-state index is 13.4. The Kier molecular flexibility index (Phi) is 8.36. The van der Waals surface area contributed by atoms with Gasteiger partial charge in [-0.25, -0.2) is 0 Å². The molecule has 0 bridgehead atoms. The van der Waals surface area contributed by atoms with Crippen LogP contribution in [0.5, 0.6) is 11.5 Å². The van der Waals surface area contributed by atoms with Crippen LogP contribution >= 0.6 is 11.6 Å². The number of carbonyl (C=O) groups excluding carboxylic acids is 1. The van der Waals surface area contributed by atoms with Gasteiger partial charge in [-0.05, 0) is 53.4 Å². The Hall–Kier alpha value is -3.83. The summed E-state index contributed by atoms with van der Waals surface area (Å²) in [5, 5.41) is 0.436. The normalized spacial score (nSPS) is 10.6. The third-order valence-electron chi connectivity index (χ3n) is 5.62. The molecule has 0 unspecified atom stereocenters. The van der Waals surface area contributed by atoms with Crippen LogP contribution in [-0.2, 0) is 19.6 Å². The fourth-order valence-corrected chi connectivity index (χ4v) is 3.97. The zero-order chi connectivity index (χ0) is 24.5. The van der Waals surface area contributed by atoms with E-state index in [1.807, 2.05) is 79.0 Å². The van der Waals surface area contributed by atoms with Crippen molar-refractivity contribution in [3.05, 3.63) is 125 Å². The highest BCUT2D eigenvalue weighted by molar-refractivity contribution is 6.33. The smallest absolute Gasteiger partial charge is 0.255 e. The lowest BCUT2D eigenvalue weighted by molar-refractivity contribution is 0.0745. The maximum absolute atomic E-state index is 13.4. The highest BCUT2D eigenvalue weighted by Crippen LogP contribution is 2.30. The molecule has 1 amide bonds. The van der Waals surface area contributed by atoms with E-state index in [2.05, 4.69) is 4.98 Å². The highest BCUT2D eigenvalue weighted by Gasteiger charge is 2.19. The summed E-state index contributed by atoms with van der Waals surface area (Å²) in [6.45, 7) is 1.36. The Bertz CT molecular complexity index is 1250. The predicted molar refractivity (Wildman–Crippen MR) is 138 cm³/mol. The lowest BCUT2D eigenvalue weighted by Gasteiger charge is -2.24. The lowest BCUT2D eigenvalue weighted by atomic mass is 10.1. The first-order chi connectivity index (χ1) is 17.1. The van der Waals surface area contributed by atoms with Crippen LogP contribution in [0.1, 0.15) is 27.0 Å². The van der Waals surface area contributed by atoms with Gasteiger partial charge >= 0.3 is 0 Å². The molecule has 0 spiro atoms. The van der Waals surface area contributed by atoms with Crippen molar-refractivity contribution in [3.63, 3.8) is 0 Å². The molecule has 1 aromatic heterocycles. The Morgan fingerprint density at radius 2 is 1.66 bits per heavy atom. The molecule has 6 heteroatoms. The highest BCUT2D eigenvalue weighted by atomic mass is 35.5. The number of methoxy groups -OCH3 is 1. The van der Waals surface area contributed by atoms with Crippen LogP contribution in [-0.4, -0.2) is 29.4 Å². The number of aromatic nitrogens is 1. The van der Waals surface area contributed by atoms with Crippen LogP contribution < -0.4 is 9.47 Å². The summed E-state index contributed by atoms with van der Waals surface area (Å²) in [4.78, 5) is 19.4. The van der Waals surface area contributed by atoms with E-state index in [0.717, 1.165) is 16.7 Å². The Morgan fingerprint density at radius 3 is 2.40 bits per heavy atom. The van der Waals surface area contributed by atoms with Crippen LogP contribution in [0.3, 0.4) is 0 Å². The summed E-state index contributed by atoms with van der Waals surface area (Å²) in [6.07, 6.45) is 4.24. The maximum Gasteiger partial charge on any atom is 0.255 e. The molecule has 0 N–H and O–H groups in total. The van der Waals surface area contributed by atoms with E-state index in [0.29, 0.717) is 48.2 Å². The quantitative estimate of drug-likeness (QED) is 0.267. The standard InChI is InChI=1S/C29H27ClN2O3/c1-34-28-18-24(13-14-27(28)35-21-23-8-3-2-4-9-23)20-32(17-15-22-10-7-16-31-19-22)29(33)25-11-5-6-12-26(25)30/h2-14,16,18-19H,15,17,20-21H2,1H3. The van der Waals surface area contributed by atoms with E-state index < -0.39 is 0 Å². The summed E-state index contributed by atoms with van der Waals surface area (Å²) < 4.78 is 11.6. The minimum atomic E-state index is -0.122. The molecular weight excluding hydrogens is 460 g/mol. The Morgan fingerprint density at radius 1 is 0.886 bits per heavy atom. The number of pyridine rings is 1. The minimum Gasteiger partial charge on any atom is -0.493 e. The van der Waals surface area contributed by atoms with E-state index in [1.54, 1.807) is 30.3 Å². The van der Waals surface area contributed by atoms with E-state index in [-0.39, 0.29) is 5.91 Å². The molecular formula is C29H27ClN2O3. The molecule has 0 atom stereocenters. The van der Waals surface area contributed by atoms with Gasteiger partial charge < -0.3 is 14.4 Å². The first-order valence-electron chi connectivity index (χ1n) is 11.4. The molecule has 35 heavy (non-hydrogen) atoms. The van der Waals surface area contributed by atoms with Crippen molar-refractivity contribution >= 4 is 17.5 Å². The first-order valence-corrected chi connectivity index (χ1v) is 11.8. The minimum absolute atomic E-state index is 0.122. The van der Waals surface area contributed by atoms with Gasteiger partial charge in [0.2, 0.25) is 0 Å². The topological polar surface area (TPSA) is 51.7 Å². The SMILES string of the molecule is COc1cc(CN(CCc2cccnc2)C(=O)c2ccccc2Cl)ccc1OCc1ccccc1. The van der Waals surface area contributed by atoms with Crippen molar-refractivity contribution in [2.24, 2.45) is 0 Å². The molecule has 178 valence electrons. The van der Waals surface area contributed by atoms with Crippen molar-refractivity contribution in [2.45, 2.75) is 19.6 Å². The Labute approximate surface area is 210 Å². The molecule has 4 aromatic rings. The molecule has 4 rings (SSSR count). The van der Waals surface area contributed by atoms with Gasteiger partial charge in [-0.3, -0.25) is 9.78 Å². The zero-order valence-corrected chi connectivity index (χ0v) is 20.3.